The summed E-state index contributed by atoms with van der Waals surface area (Å²) in [5.74, 6) is 6.46. The smallest absolute Gasteiger partial charge is 0.0840 e. The summed E-state index contributed by atoms with van der Waals surface area (Å²) in [6, 6.07) is 10.4. The van der Waals surface area contributed by atoms with E-state index in [1.165, 1.54) is 5.56 Å². The van der Waals surface area contributed by atoms with Crippen LogP contribution < -0.4 is 11.6 Å². The van der Waals surface area contributed by atoms with Gasteiger partial charge in [0, 0.05) is 12.1 Å². The average molecular weight is 277 g/mol. The SMILES string of the molecule is CCCC(c1ccccc1)C(C)(C)N(N)/C=C(\N)CO. The summed E-state index contributed by atoms with van der Waals surface area (Å²) in [6.45, 7) is 6.18. The number of hydrazine groups is 1. The molecule has 0 saturated heterocycles. The van der Waals surface area contributed by atoms with Crippen molar-refractivity contribution in [1.29, 1.82) is 0 Å². The third kappa shape index (κ3) is 3.99. The van der Waals surface area contributed by atoms with Crippen LogP contribution in [0.4, 0.5) is 0 Å². The Hall–Kier alpha value is -1.52. The first-order valence-electron chi connectivity index (χ1n) is 7.09. The van der Waals surface area contributed by atoms with Crippen molar-refractivity contribution in [2.75, 3.05) is 6.61 Å². The molecule has 1 atom stereocenters. The standard InChI is InChI=1S/C16H27N3O/c1-4-8-15(13-9-6-5-7-10-13)16(2,3)19(18)11-14(17)12-20/h5-7,9-11,15,20H,4,8,12,17-18H2,1-3H3/b14-11-. The van der Waals surface area contributed by atoms with Gasteiger partial charge in [0.05, 0.1) is 17.8 Å². The monoisotopic (exact) mass is 277 g/mol. The fourth-order valence-electron chi connectivity index (χ4n) is 2.47. The van der Waals surface area contributed by atoms with Gasteiger partial charge in [-0.05, 0) is 25.8 Å². The van der Waals surface area contributed by atoms with Crippen LogP contribution in [0, 0.1) is 0 Å². The van der Waals surface area contributed by atoms with Crippen LogP contribution in [0.2, 0.25) is 0 Å². The summed E-state index contributed by atoms with van der Waals surface area (Å²) < 4.78 is 0. The molecule has 4 nitrogen and oxygen atoms in total. The zero-order valence-corrected chi connectivity index (χ0v) is 12.7. The van der Waals surface area contributed by atoms with Gasteiger partial charge in [0.1, 0.15) is 0 Å². The fraction of sp³-hybridized carbons (Fsp3) is 0.500. The molecular formula is C16H27N3O. The number of aliphatic hydroxyl groups excluding tert-OH is 1. The molecule has 20 heavy (non-hydrogen) atoms. The van der Waals surface area contributed by atoms with Gasteiger partial charge in [-0.2, -0.15) is 0 Å². The highest BCUT2D eigenvalue weighted by Crippen LogP contribution is 2.35. The van der Waals surface area contributed by atoms with E-state index < -0.39 is 0 Å². The van der Waals surface area contributed by atoms with Crippen LogP contribution >= 0.6 is 0 Å². The molecule has 0 saturated carbocycles. The molecule has 1 aromatic rings. The van der Waals surface area contributed by atoms with Gasteiger partial charge in [-0.3, -0.25) is 0 Å². The quantitative estimate of drug-likeness (QED) is 0.528. The second kappa shape index (κ2) is 7.31. The maximum Gasteiger partial charge on any atom is 0.0840 e. The predicted molar refractivity (Wildman–Crippen MR) is 83.6 cm³/mol. The maximum atomic E-state index is 9.03. The van der Waals surface area contributed by atoms with E-state index in [1.54, 1.807) is 11.2 Å². The third-order valence-corrected chi connectivity index (χ3v) is 3.79. The van der Waals surface area contributed by atoms with Gasteiger partial charge in [-0.25, -0.2) is 5.84 Å². The van der Waals surface area contributed by atoms with E-state index >= 15 is 0 Å². The summed E-state index contributed by atoms with van der Waals surface area (Å²) in [5, 5.41) is 10.6. The van der Waals surface area contributed by atoms with Crippen LogP contribution in [0.3, 0.4) is 0 Å². The lowest BCUT2D eigenvalue weighted by molar-refractivity contribution is 0.142. The first-order chi connectivity index (χ1) is 9.43. The lowest BCUT2D eigenvalue weighted by atomic mass is 9.78. The Bertz CT molecular complexity index is 429. The van der Waals surface area contributed by atoms with Crippen LogP contribution in [-0.4, -0.2) is 22.3 Å². The summed E-state index contributed by atoms with van der Waals surface area (Å²) in [5.41, 5.74) is 7.01. The first kappa shape index (κ1) is 16.5. The largest absolute Gasteiger partial charge is 0.399 e. The number of nitrogens with two attached hydrogens (primary N) is 2. The highest BCUT2D eigenvalue weighted by molar-refractivity contribution is 5.23. The molecule has 5 N–H and O–H groups in total. The van der Waals surface area contributed by atoms with E-state index in [0.717, 1.165) is 12.8 Å². The van der Waals surface area contributed by atoms with Gasteiger partial charge in [0.15, 0.2) is 0 Å². The van der Waals surface area contributed by atoms with E-state index in [2.05, 4.69) is 32.9 Å². The summed E-state index contributed by atoms with van der Waals surface area (Å²) >= 11 is 0. The van der Waals surface area contributed by atoms with Crippen molar-refractivity contribution in [1.82, 2.24) is 5.01 Å². The predicted octanol–water partition coefficient (Wildman–Crippen LogP) is 2.32. The summed E-state index contributed by atoms with van der Waals surface area (Å²) in [6.07, 6.45) is 3.74. The van der Waals surface area contributed by atoms with Crippen LogP contribution in [0.15, 0.2) is 42.2 Å². The zero-order valence-electron chi connectivity index (χ0n) is 12.7. The van der Waals surface area contributed by atoms with E-state index in [1.807, 2.05) is 18.2 Å². The summed E-state index contributed by atoms with van der Waals surface area (Å²) in [7, 11) is 0. The minimum atomic E-state index is -0.294. The van der Waals surface area contributed by atoms with Gasteiger partial charge in [-0.1, -0.05) is 43.7 Å². The Balaban J connectivity index is 3.06. The molecule has 4 heteroatoms. The fourth-order valence-corrected chi connectivity index (χ4v) is 2.47. The molecule has 0 aliphatic rings. The number of hydrogen-bond acceptors (Lipinski definition) is 4. The number of benzene rings is 1. The van der Waals surface area contributed by atoms with Crippen LogP contribution in [0.1, 0.15) is 45.1 Å². The minimum Gasteiger partial charge on any atom is -0.399 e. The molecule has 0 bridgehead atoms. The maximum absolute atomic E-state index is 9.03. The van der Waals surface area contributed by atoms with Crippen molar-refractivity contribution in [3.63, 3.8) is 0 Å². The van der Waals surface area contributed by atoms with Gasteiger partial charge in [-0.15, -0.1) is 0 Å². The van der Waals surface area contributed by atoms with Crippen LogP contribution in [0.5, 0.6) is 0 Å². The lowest BCUT2D eigenvalue weighted by Gasteiger charge is -2.41. The first-order valence-corrected chi connectivity index (χ1v) is 7.09. The van der Waals surface area contributed by atoms with Crippen molar-refractivity contribution in [2.45, 2.75) is 45.1 Å². The lowest BCUT2D eigenvalue weighted by Crippen LogP contribution is -2.50. The Morgan fingerprint density at radius 1 is 1.35 bits per heavy atom. The van der Waals surface area contributed by atoms with Crippen LogP contribution in [-0.2, 0) is 0 Å². The second-order valence-corrected chi connectivity index (χ2v) is 5.68. The highest BCUT2D eigenvalue weighted by atomic mass is 16.3. The molecule has 0 aromatic heterocycles. The van der Waals surface area contributed by atoms with E-state index in [-0.39, 0.29) is 12.1 Å². The van der Waals surface area contributed by atoms with Gasteiger partial charge >= 0.3 is 0 Å². The van der Waals surface area contributed by atoms with Gasteiger partial charge in [0.25, 0.3) is 0 Å². The molecule has 0 aliphatic carbocycles. The Morgan fingerprint density at radius 3 is 2.45 bits per heavy atom. The van der Waals surface area contributed by atoms with E-state index in [4.69, 9.17) is 16.7 Å². The minimum absolute atomic E-state index is 0.187. The number of rotatable bonds is 7. The second-order valence-electron chi connectivity index (χ2n) is 5.68. The zero-order chi connectivity index (χ0) is 15.2. The van der Waals surface area contributed by atoms with Gasteiger partial charge in [0.2, 0.25) is 0 Å². The van der Waals surface area contributed by atoms with E-state index in [0.29, 0.717) is 11.6 Å². The molecule has 1 aromatic carbocycles. The van der Waals surface area contributed by atoms with Crippen molar-refractivity contribution in [3.05, 3.63) is 47.8 Å². The Kier molecular flexibility index (Phi) is 6.05. The molecule has 1 rings (SSSR count). The number of aliphatic hydroxyl groups is 1. The molecule has 112 valence electrons. The van der Waals surface area contributed by atoms with Crippen molar-refractivity contribution in [2.24, 2.45) is 11.6 Å². The third-order valence-electron chi connectivity index (χ3n) is 3.79. The summed E-state index contributed by atoms with van der Waals surface area (Å²) in [4.78, 5) is 0. The topological polar surface area (TPSA) is 75.5 Å². The van der Waals surface area contributed by atoms with Crippen LogP contribution in [0.25, 0.3) is 0 Å². The van der Waals surface area contributed by atoms with Gasteiger partial charge < -0.3 is 15.8 Å². The Labute approximate surface area is 122 Å². The molecule has 0 fully saturated rings. The average Bonchev–Trinajstić information content (AvgIpc) is 2.45. The molecule has 0 spiro atoms. The molecule has 1 unspecified atom stereocenters. The molecule has 0 radical (unpaired) electrons. The van der Waals surface area contributed by atoms with Crippen molar-refractivity contribution in [3.8, 4) is 0 Å². The molecule has 0 aliphatic heterocycles. The Morgan fingerprint density at radius 2 is 1.95 bits per heavy atom. The highest BCUT2D eigenvalue weighted by Gasteiger charge is 2.33. The van der Waals surface area contributed by atoms with Crippen molar-refractivity contribution < 1.29 is 5.11 Å². The molecule has 0 heterocycles. The number of hydrogen-bond donors (Lipinski definition) is 3. The van der Waals surface area contributed by atoms with Crippen molar-refractivity contribution >= 4 is 0 Å². The molecular weight excluding hydrogens is 250 g/mol. The van der Waals surface area contributed by atoms with E-state index in [9.17, 15) is 0 Å². The number of nitrogens with zero attached hydrogens (tertiary/aromatic N) is 1. The molecule has 0 amide bonds. The normalized spacial score (nSPS) is 14.2.